The number of hydrogen-bond acceptors (Lipinski definition) is 2. The van der Waals surface area contributed by atoms with Gasteiger partial charge in [0.15, 0.2) is 0 Å². The molecule has 90 valence electrons. The van der Waals surface area contributed by atoms with E-state index in [0.717, 1.165) is 26.2 Å². The van der Waals surface area contributed by atoms with Crippen molar-refractivity contribution in [2.75, 3.05) is 26.3 Å². The van der Waals surface area contributed by atoms with Gasteiger partial charge in [0.2, 0.25) is 0 Å². The van der Waals surface area contributed by atoms with Gasteiger partial charge in [-0.2, -0.15) is 0 Å². The molecule has 1 aliphatic rings. The minimum atomic E-state index is 0.559. The lowest BCUT2D eigenvalue weighted by molar-refractivity contribution is 0.0944. The number of ether oxygens (including phenoxy) is 1. The van der Waals surface area contributed by atoms with Crippen LogP contribution in [0, 0.1) is 5.41 Å². The highest BCUT2D eigenvalue weighted by Gasteiger charge is 2.32. The molecule has 0 amide bonds. The van der Waals surface area contributed by atoms with Gasteiger partial charge in [0.25, 0.3) is 0 Å². The molecule has 1 fully saturated rings. The van der Waals surface area contributed by atoms with Gasteiger partial charge in [-0.1, -0.05) is 26.7 Å². The summed E-state index contributed by atoms with van der Waals surface area (Å²) in [5.74, 6) is 0. The van der Waals surface area contributed by atoms with Crippen LogP contribution in [-0.2, 0) is 4.74 Å². The standard InChI is InChI=1S/C13H27NO/c1-3-10-15-11-9-13(12-14-4-2)7-5-6-8-13/h14H,3-12H2,1-2H3. The summed E-state index contributed by atoms with van der Waals surface area (Å²) >= 11 is 0. The fourth-order valence-electron chi connectivity index (χ4n) is 2.57. The first-order chi connectivity index (χ1) is 7.33. The van der Waals surface area contributed by atoms with Gasteiger partial charge in [0, 0.05) is 19.8 Å². The monoisotopic (exact) mass is 213 g/mol. The third-order valence-corrected chi connectivity index (χ3v) is 3.54. The lowest BCUT2D eigenvalue weighted by Gasteiger charge is -2.29. The smallest absolute Gasteiger partial charge is 0.0471 e. The summed E-state index contributed by atoms with van der Waals surface area (Å²) in [7, 11) is 0. The van der Waals surface area contributed by atoms with Gasteiger partial charge in [0.05, 0.1) is 0 Å². The summed E-state index contributed by atoms with van der Waals surface area (Å²) in [5.41, 5.74) is 0.559. The highest BCUT2D eigenvalue weighted by Crippen LogP contribution is 2.40. The van der Waals surface area contributed by atoms with E-state index >= 15 is 0 Å². The predicted octanol–water partition coefficient (Wildman–Crippen LogP) is 2.97. The number of hydrogen-bond donors (Lipinski definition) is 1. The Balaban J connectivity index is 2.23. The molecule has 1 N–H and O–H groups in total. The van der Waals surface area contributed by atoms with Gasteiger partial charge in [-0.15, -0.1) is 0 Å². The van der Waals surface area contributed by atoms with Crippen molar-refractivity contribution in [1.29, 1.82) is 0 Å². The van der Waals surface area contributed by atoms with Gasteiger partial charge in [-0.05, 0) is 37.6 Å². The van der Waals surface area contributed by atoms with Crippen LogP contribution in [0.2, 0.25) is 0 Å². The van der Waals surface area contributed by atoms with E-state index in [1.54, 1.807) is 0 Å². The molecule has 2 nitrogen and oxygen atoms in total. The average Bonchev–Trinajstić information content (AvgIpc) is 2.71. The zero-order chi connectivity index (χ0) is 11.0. The number of nitrogens with one attached hydrogen (secondary N) is 1. The van der Waals surface area contributed by atoms with Crippen LogP contribution in [0.1, 0.15) is 52.4 Å². The van der Waals surface area contributed by atoms with Crippen molar-refractivity contribution in [2.45, 2.75) is 52.4 Å². The third kappa shape index (κ3) is 4.52. The Morgan fingerprint density at radius 3 is 2.47 bits per heavy atom. The van der Waals surface area contributed by atoms with Crippen LogP contribution in [-0.4, -0.2) is 26.3 Å². The molecule has 0 radical (unpaired) electrons. The summed E-state index contributed by atoms with van der Waals surface area (Å²) in [6, 6.07) is 0. The maximum absolute atomic E-state index is 5.62. The van der Waals surface area contributed by atoms with Crippen molar-refractivity contribution in [3.63, 3.8) is 0 Å². The van der Waals surface area contributed by atoms with Crippen molar-refractivity contribution >= 4 is 0 Å². The second kappa shape index (κ2) is 7.24. The van der Waals surface area contributed by atoms with E-state index in [-0.39, 0.29) is 0 Å². The Labute approximate surface area is 94.8 Å². The Hall–Kier alpha value is -0.0800. The summed E-state index contributed by atoms with van der Waals surface area (Å²) < 4.78 is 5.62. The average molecular weight is 213 g/mol. The van der Waals surface area contributed by atoms with Crippen LogP contribution < -0.4 is 5.32 Å². The summed E-state index contributed by atoms with van der Waals surface area (Å²) in [6.45, 7) is 8.54. The third-order valence-electron chi connectivity index (χ3n) is 3.54. The van der Waals surface area contributed by atoms with Gasteiger partial charge in [-0.3, -0.25) is 0 Å². The predicted molar refractivity (Wildman–Crippen MR) is 65.2 cm³/mol. The molecular weight excluding hydrogens is 186 g/mol. The Morgan fingerprint density at radius 1 is 1.13 bits per heavy atom. The molecule has 1 aliphatic carbocycles. The first-order valence-corrected chi connectivity index (χ1v) is 6.61. The molecular formula is C13H27NO. The molecule has 0 saturated heterocycles. The molecule has 0 bridgehead atoms. The molecule has 1 rings (SSSR count). The second-order valence-corrected chi connectivity index (χ2v) is 4.85. The topological polar surface area (TPSA) is 21.3 Å². The maximum Gasteiger partial charge on any atom is 0.0471 e. The van der Waals surface area contributed by atoms with Crippen LogP contribution in [0.5, 0.6) is 0 Å². The minimum Gasteiger partial charge on any atom is -0.381 e. The SMILES string of the molecule is CCCOCCC1(CNCC)CCCC1. The molecule has 0 heterocycles. The summed E-state index contributed by atoms with van der Waals surface area (Å²) in [6.07, 6.45) is 8.02. The van der Waals surface area contributed by atoms with Crippen molar-refractivity contribution in [1.82, 2.24) is 5.32 Å². The van der Waals surface area contributed by atoms with Gasteiger partial charge < -0.3 is 10.1 Å². The van der Waals surface area contributed by atoms with E-state index < -0.39 is 0 Å². The molecule has 0 aromatic rings. The van der Waals surface area contributed by atoms with E-state index in [1.165, 1.54) is 38.6 Å². The maximum atomic E-state index is 5.62. The Morgan fingerprint density at radius 2 is 1.87 bits per heavy atom. The summed E-state index contributed by atoms with van der Waals surface area (Å²) in [4.78, 5) is 0. The highest BCUT2D eigenvalue weighted by atomic mass is 16.5. The van der Waals surface area contributed by atoms with Crippen LogP contribution in [0.25, 0.3) is 0 Å². The first-order valence-electron chi connectivity index (χ1n) is 6.61. The normalized spacial score (nSPS) is 19.6. The molecule has 15 heavy (non-hydrogen) atoms. The van der Waals surface area contributed by atoms with Crippen LogP contribution in [0.3, 0.4) is 0 Å². The van der Waals surface area contributed by atoms with Gasteiger partial charge >= 0.3 is 0 Å². The molecule has 0 spiro atoms. The van der Waals surface area contributed by atoms with Crippen molar-refractivity contribution < 1.29 is 4.74 Å². The lowest BCUT2D eigenvalue weighted by atomic mass is 9.83. The fraction of sp³-hybridized carbons (Fsp3) is 1.00. The van der Waals surface area contributed by atoms with Crippen LogP contribution in [0.15, 0.2) is 0 Å². The van der Waals surface area contributed by atoms with Crippen molar-refractivity contribution in [2.24, 2.45) is 5.41 Å². The fourth-order valence-corrected chi connectivity index (χ4v) is 2.57. The second-order valence-electron chi connectivity index (χ2n) is 4.85. The molecule has 0 atom stereocenters. The van der Waals surface area contributed by atoms with Crippen LogP contribution in [0.4, 0.5) is 0 Å². The molecule has 0 aromatic carbocycles. The molecule has 1 saturated carbocycles. The number of rotatable bonds is 8. The van der Waals surface area contributed by atoms with E-state index in [9.17, 15) is 0 Å². The highest BCUT2D eigenvalue weighted by molar-refractivity contribution is 4.86. The Bertz CT molecular complexity index is 153. The van der Waals surface area contributed by atoms with E-state index in [0.29, 0.717) is 5.41 Å². The molecule has 0 unspecified atom stereocenters. The quantitative estimate of drug-likeness (QED) is 0.626. The van der Waals surface area contributed by atoms with Gasteiger partial charge in [-0.25, -0.2) is 0 Å². The van der Waals surface area contributed by atoms with E-state index in [4.69, 9.17) is 4.74 Å². The zero-order valence-electron chi connectivity index (χ0n) is 10.5. The zero-order valence-corrected chi connectivity index (χ0v) is 10.5. The first kappa shape index (κ1) is 13.0. The molecule has 0 aliphatic heterocycles. The van der Waals surface area contributed by atoms with Crippen LogP contribution >= 0.6 is 0 Å². The molecule has 0 aromatic heterocycles. The largest absolute Gasteiger partial charge is 0.381 e. The van der Waals surface area contributed by atoms with E-state index in [1.807, 2.05) is 0 Å². The lowest BCUT2D eigenvalue weighted by Crippen LogP contribution is -2.33. The van der Waals surface area contributed by atoms with Gasteiger partial charge in [0.1, 0.15) is 0 Å². The molecule has 2 heteroatoms. The summed E-state index contributed by atoms with van der Waals surface area (Å²) in [5, 5.41) is 3.52. The van der Waals surface area contributed by atoms with Crippen molar-refractivity contribution in [3.05, 3.63) is 0 Å². The van der Waals surface area contributed by atoms with Crippen molar-refractivity contribution in [3.8, 4) is 0 Å². The van der Waals surface area contributed by atoms with E-state index in [2.05, 4.69) is 19.2 Å². The Kier molecular flexibility index (Phi) is 6.26. The minimum absolute atomic E-state index is 0.559.